The van der Waals surface area contributed by atoms with Crippen LogP contribution in [0.2, 0.25) is 0 Å². The van der Waals surface area contributed by atoms with Crippen LogP contribution >= 0.6 is 0 Å². The summed E-state index contributed by atoms with van der Waals surface area (Å²) in [4.78, 5) is 40.1. The Hall–Kier alpha value is -3.35. The highest BCUT2D eigenvalue weighted by Crippen LogP contribution is 2.43. The molecule has 180 valence electrons. The zero-order valence-corrected chi connectivity index (χ0v) is 20.2. The van der Waals surface area contributed by atoms with Gasteiger partial charge < -0.3 is 5.32 Å². The fourth-order valence-corrected chi connectivity index (χ4v) is 5.03. The fraction of sp³-hybridized carbons (Fsp3) is 0.444. The molecule has 2 fully saturated rings. The first-order valence-electron chi connectivity index (χ1n) is 12.0. The van der Waals surface area contributed by atoms with Crippen molar-refractivity contribution < 1.29 is 14.4 Å². The Morgan fingerprint density at radius 2 is 1.62 bits per heavy atom. The first kappa shape index (κ1) is 23.8. The number of para-hydroxylation sites is 1. The van der Waals surface area contributed by atoms with Crippen LogP contribution in [0.15, 0.2) is 60.7 Å². The molecule has 2 aromatic rings. The SMILES string of the molecule is CC(C)(C)C1CCC2(CC1)NC(=O)N(CC(=O)NN(Cc1ccccc1)c1ccccc1)C2=O. The highest BCUT2D eigenvalue weighted by Gasteiger charge is 2.53. The Labute approximate surface area is 201 Å². The lowest BCUT2D eigenvalue weighted by atomic mass is 9.67. The average molecular weight is 463 g/mol. The van der Waals surface area contributed by atoms with E-state index in [1.165, 1.54) is 0 Å². The van der Waals surface area contributed by atoms with Crippen molar-refractivity contribution in [3.05, 3.63) is 66.2 Å². The summed E-state index contributed by atoms with van der Waals surface area (Å²) in [7, 11) is 0. The zero-order valence-electron chi connectivity index (χ0n) is 20.2. The van der Waals surface area contributed by atoms with Gasteiger partial charge in [-0.2, -0.15) is 0 Å². The maximum absolute atomic E-state index is 13.3. The van der Waals surface area contributed by atoms with Crippen molar-refractivity contribution in [1.29, 1.82) is 0 Å². The first-order chi connectivity index (χ1) is 16.2. The van der Waals surface area contributed by atoms with Crippen molar-refractivity contribution in [2.24, 2.45) is 11.3 Å². The number of hydrazine groups is 1. The molecule has 4 amide bonds. The van der Waals surface area contributed by atoms with Crippen LogP contribution in [0.4, 0.5) is 10.5 Å². The van der Waals surface area contributed by atoms with E-state index in [2.05, 4.69) is 31.5 Å². The third-order valence-electron chi connectivity index (χ3n) is 7.12. The second-order valence-electron chi connectivity index (χ2n) is 10.5. The normalized spacial score (nSPS) is 22.6. The fourth-order valence-electron chi connectivity index (χ4n) is 5.03. The number of imide groups is 1. The van der Waals surface area contributed by atoms with Crippen LogP contribution in [0.3, 0.4) is 0 Å². The number of amides is 4. The number of urea groups is 1. The molecule has 1 aliphatic heterocycles. The van der Waals surface area contributed by atoms with Gasteiger partial charge in [-0.3, -0.25) is 24.9 Å². The maximum atomic E-state index is 13.3. The number of nitrogens with zero attached hydrogens (tertiary/aromatic N) is 2. The lowest BCUT2D eigenvalue weighted by Gasteiger charge is -2.40. The molecular formula is C27H34N4O3. The molecule has 1 saturated carbocycles. The van der Waals surface area contributed by atoms with Gasteiger partial charge >= 0.3 is 6.03 Å². The van der Waals surface area contributed by atoms with Gasteiger partial charge in [-0.1, -0.05) is 69.3 Å². The van der Waals surface area contributed by atoms with Gasteiger partial charge in [0, 0.05) is 0 Å². The predicted molar refractivity (Wildman–Crippen MR) is 132 cm³/mol. The molecule has 0 bridgehead atoms. The van der Waals surface area contributed by atoms with Crippen molar-refractivity contribution in [1.82, 2.24) is 15.6 Å². The topological polar surface area (TPSA) is 81.8 Å². The van der Waals surface area contributed by atoms with Gasteiger partial charge in [0.1, 0.15) is 12.1 Å². The Bertz CT molecular complexity index is 1020. The van der Waals surface area contributed by atoms with Crippen LogP contribution in [0, 0.1) is 11.3 Å². The molecule has 7 heteroatoms. The lowest BCUT2D eigenvalue weighted by molar-refractivity contribution is -0.136. The monoisotopic (exact) mass is 462 g/mol. The molecule has 2 aliphatic rings. The van der Waals surface area contributed by atoms with E-state index in [1.807, 2.05) is 60.7 Å². The van der Waals surface area contributed by atoms with Crippen molar-refractivity contribution in [3.8, 4) is 0 Å². The summed E-state index contributed by atoms with van der Waals surface area (Å²) in [5, 5.41) is 4.65. The average Bonchev–Trinajstić information content (AvgIpc) is 3.03. The summed E-state index contributed by atoms with van der Waals surface area (Å²) in [6.07, 6.45) is 2.99. The van der Waals surface area contributed by atoms with Gasteiger partial charge in [0.05, 0.1) is 12.2 Å². The van der Waals surface area contributed by atoms with E-state index in [9.17, 15) is 14.4 Å². The lowest BCUT2D eigenvalue weighted by Crippen LogP contribution is -2.51. The minimum absolute atomic E-state index is 0.173. The molecule has 1 saturated heterocycles. The summed E-state index contributed by atoms with van der Waals surface area (Å²) >= 11 is 0. The van der Waals surface area contributed by atoms with Crippen LogP contribution in [-0.4, -0.2) is 34.8 Å². The second-order valence-corrected chi connectivity index (χ2v) is 10.5. The second kappa shape index (κ2) is 9.49. The van der Waals surface area contributed by atoms with E-state index in [1.54, 1.807) is 5.01 Å². The highest BCUT2D eigenvalue weighted by atomic mass is 16.2. The van der Waals surface area contributed by atoms with Crippen molar-refractivity contribution in [2.45, 2.75) is 58.5 Å². The van der Waals surface area contributed by atoms with E-state index < -0.39 is 17.5 Å². The van der Waals surface area contributed by atoms with E-state index in [0.29, 0.717) is 25.3 Å². The van der Waals surface area contributed by atoms with E-state index in [0.717, 1.165) is 29.0 Å². The number of hydrogen-bond acceptors (Lipinski definition) is 4. The number of nitrogens with one attached hydrogen (secondary N) is 2. The number of benzene rings is 2. The molecule has 2 N–H and O–H groups in total. The molecule has 1 aliphatic carbocycles. The molecule has 0 aromatic heterocycles. The van der Waals surface area contributed by atoms with Crippen LogP contribution in [0.25, 0.3) is 0 Å². The van der Waals surface area contributed by atoms with Gasteiger partial charge in [0.2, 0.25) is 0 Å². The minimum Gasteiger partial charge on any atom is -0.323 e. The quantitative estimate of drug-likeness (QED) is 0.497. The highest BCUT2D eigenvalue weighted by molar-refractivity contribution is 6.09. The molecule has 0 unspecified atom stereocenters. The van der Waals surface area contributed by atoms with Crippen molar-refractivity contribution >= 4 is 23.5 Å². The molecule has 0 radical (unpaired) electrons. The Morgan fingerprint density at radius 1 is 1.03 bits per heavy atom. The zero-order chi connectivity index (χ0) is 24.3. The maximum Gasteiger partial charge on any atom is 0.325 e. The Kier molecular flexibility index (Phi) is 6.64. The smallest absolute Gasteiger partial charge is 0.323 e. The number of anilines is 1. The molecular weight excluding hydrogens is 428 g/mol. The third kappa shape index (κ3) is 5.08. The molecule has 2 aromatic carbocycles. The van der Waals surface area contributed by atoms with E-state index in [4.69, 9.17) is 0 Å². The summed E-state index contributed by atoms with van der Waals surface area (Å²) in [6, 6.07) is 18.8. The Morgan fingerprint density at radius 3 is 2.21 bits per heavy atom. The molecule has 34 heavy (non-hydrogen) atoms. The number of carbonyl (C=O) groups is 3. The molecule has 1 spiro atoms. The summed E-state index contributed by atoms with van der Waals surface area (Å²) in [5.74, 6) is -0.185. The number of hydrogen-bond donors (Lipinski definition) is 2. The van der Waals surface area contributed by atoms with Crippen molar-refractivity contribution in [3.63, 3.8) is 0 Å². The van der Waals surface area contributed by atoms with Gasteiger partial charge in [-0.25, -0.2) is 4.79 Å². The van der Waals surface area contributed by atoms with Crippen LogP contribution in [0.5, 0.6) is 0 Å². The molecule has 1 heterocycles. The molecule has 4 rings (SSSR count). The van der Waals surface area contributed by atoms with Crippen molar-refractivity contribution in [2.75, 3.05) is 11.6 Å². The van der Waals surface area contributed by atoms with E-state index in [-0.39, 0.29) is 17.9 Å². The summed E-state index contributed by atoms with van der Waals surface area (Å²) in [6.45, 7) is 6.79. The number of rotatable bonds is 6. The van der Waals surface area contributed by atoms with E-state index >= 15 is 0 Å². The van der Waals surface area contributed by atoms with Crippen LogP contribution in [0.1, 0.15) is 52.0 Å². The molecule has 7 nitrogen and oxygen atoms in total. The van der Waals surface area contributed by atoms with Crippen LogP contribution in [-0.2, 0) is 16.1 Å². The molecule has 0 atom stereocenters. The number of carbonyl (C=O) groups excluding carboxylic acids is 3. The largest absolute Gasteiger partial charge is 0.325 e. The minimum atomic E-state index is -0.873. The summed E-state index contributed by atoms with van der Waals surface area (Å²) in [5.41, 5.74) is 4.03. The Balaban J connectivity index is 1.43. The van der Waals surface area contributed by atoms with Gasteiger partial charge in [-0.15, -0.1) is 0 Å². The standard InChI is InChI=1S/C27H34N4O3/c1-26(2,3)21-14-16-27(17-15-21)24(33)30(25(34)28-27)19-23(32)29-31(22-12-8-5-9-13-22)18-20-10-6-4-7-11-20/h4-13,21H,14-19H2,1-3H3,(H,28,34)(H,29,32). The first-order valence-corrected chi connectivity index (χ1v) is 12.0. The van der Waals surface area contributed by atoms with Gasteiger partial charge in [0.15, 0.2) is 0 Å². The van der Waals surface area contributed by atoms with Gasteiger partial charge in [0.25, 0.3) is 11.8 Å². The van der Waals surface area contributed by atoms with Gasteiger partial charge in [-0.05, 0) is 54.7 Å². The van der Waals surface area contributed by atoms with Crippen LogP contribution < -0.4 is 15.8 Å². The predicted octanol–water partition coefficient (Wildman–Crippen LogP) is 4.25. The third-order valence-corrected chi connectivity index (χ3v) is 7.12. The summed E-state index contributed by atoms with van der Waals surface area (Å²) < 4.78 is 0.